The number of carbonyl (C=O) groups is 1. The summed E-state index contributed by atoms with van der Waals surface area (Å²) in [6.07, 6.45) is 2.56. The Kier molecular flexibility index (Phi) is 5.28. The van der Waals surface area contributed by atoms with E-state index in [2.05, 4.69) is 10.3 Å². The van der Waals surface area contributed by atoms with Crippen LogP contribution in [-0.4, -0.2) is 32.3 Å². The van der Waals surface area contributed by atoms with Crippen LogP contribution in [0.1, 0.15) is 5.69 Å². The van der Waals surface area contributed by atoms with Crippen LogP contribution in [0.2, 0.25) is 0 Å². The largest absolute Gasteiger partial charge is 0.390 e. The number of thioether (sulfide) groups is 1. The number of fused-ring (bicyclic) bond motifs is 1. The van der Waals surface area contributed by atoms with Crippen LogP contribution in [0.15, 0.2) is 59.5 Å². The molecule has 4 rings (SSSR count). The van der Waals surface area contributed by atoms with E-state index in [-0.39, 0.29) is 12.4 Å². The van der Waals surface area contributed by atoms with Gasteiger partial charge in [-0.15, -0.1) is 11.8 Å². The van der Waals surface area contributed by atoms with Gasteiger partial charge in [-0.3, -0.25) is 9.36 Å². The van der Waals surface area contributed by atoms with E-state index in [9.17, 15) is 14.3 Å². The van der Waals surface area contributed by atoms with Crippen LogP contribution in [0, 0.1) is 5.82 Å². The summed E-state index contributed by atoms with van der Waals surface area (Å²) in [6, 6.07) is 15.2. The average Bonchev–Trinajstić information content (AvgIpc) is 3.13. The fourth-order valence-corrected chi connectivity index (χ4v) is 3.71. The lowest BCUT2D eigenvalue weighted by Gasteiger charge is -2.13. The molecule has 2 aromatic heterocycles. The zero-order valence-corrected chi connectivity index (χ0v) is 16.3. The molecule has 2 heterocycles. The van der Waals surface area contributed by atoms with Crippen molar-refractivity contribution in [1.82, 2.24) is 14.5 Å². The number of hydrogen-bond donors (Lipinski definition) is 2. The van der Waals surface area contributed by atoms with Gasteiger partial charge in [-0.1, -0.05) is 0 Å². The molecule has 0 aliphatic carbocycles. The number of aromatic nitrogens is 3. The van der Waals surface area contributed by atoms with E-state index in [1.54, 1.807) is 24.3 Å². The zero-order chi connectivity index (χ0) is 20.4. The maximum Gasteiger partial charge on any atom is 0.211 e. The summed E-state index contributed by atoms with van der Waals surface area (Å²) in [5, 5.41) is 12.2. The SMILES string of the molecule is CSc1cc(-n2c(-c3ccc(F)cc3)nc3ccc(CO)nc32)ccc1NC=O. The smallest absolute Gasteiger partial charge is 0.211 e. The summed E-state index contributed by atoms with van der Waals surface area (Å²) in [5.41, 5.74) is 3.98. The average molecular weight is 408 g/mol. The van der Waals surface area contributed by atoms with Gasteiger partial charge in [-0.25, -0.2) is 14.4 Å². The molecular formula is C21H17FN4O2S. The predicted octanol–water partition coefficient (Wildman–Crippen LogP) is 4.01. The van der Waals surface area contributed by atoms with Crippen molar-refractivity contribution in [2.75, 3.05) is 11.6 Å². The number of rotatable bonds is 6. The summed E-state index contributed by atoms with van der Waals surface area (Å²) in [4.78, 5) is 21.0. The molecule has 0 atom stereocenters. The van der Waals surface area contributed by atoms with Crippen LogP contribution in [0.4, 0.5) is 10.1 Å². The number of aliphatic hydroxyl groups excluding tert-OH is 1. The van der Waals surface area contributed by atoms with Crippen LogP contribution < -0.4 is 5.32 Å². The molecule has 0 bridgehead atoms. The van der Waals surface area contributed by atoms with Crippen molar-refractivity contribution in [3.63, 3.8) is 0 Å². The highest BCUT2D eigenvalue weighted by molar-refractivity contribution is 7.98. The van der Waals surface area contributed by atoms with E-state index >= 15 is 0 Å². The maximum absolute atomic E-state index is 13.4. The highest BCUT2D eigenvalue weighted by Gasteiger charge is 2.17. The predicted molar refractivity (Wildman–Crippen MR) is 112 cm³/mol. The van der Waals surface area contributed by atoms with Crippen molar-refractivity contribution < 1.29 is 14.3 Å². The van der Waals surface area contributed by atoms with Crippen LogP contribution >= 0.6 is 11.8 Å². The third kappa shape index (κ3) is 3.59. The third-order valence-corrected chi connectivity index (χ3v) is 5.26. The van der Waals surface area contributed by atoms with Gasteiger partial charge in [0.05, 0.1) is 23.7 Å². The quantitative estimate of drug-likeness (QED) is 0.372. The molecule has 0 spiro atoms. The summed E-state index contributed by atoms with van der Waals surface area (Å²) < 4.78 is 15.3. The van der Waals surface area contributed by atoms with Gasteiger partial charge in [0, 0.05) is 10.5 Å². The lowest BCUT2D eigenvalue weighted by atomic mass is 10.2. The van der Waals surface area contributed by atoms with Gasteiger partial charge in [0.15, 0.2) is 5.65 Å². The standard InChI is InChI=1S/C21H17FN4O2S/c1-29-19-10-16(7-9-17(19)23-12-28)26-20(13-2-4-14(22)5-3-13)25-18-8-6-15(11-27)24-21(18)26/h2-10,12,27H,11H2,1H3,(H,23,28). The van der Waals surface area contributed by atoms with Crippen LogP contribution in [0.25, 0.3) is 28.2 Å². The van der Waals surface area contributed by atoms with Crippen molar-refractivity contribution in [3.8, 4) is 17.1 Å². The fraction of sp³-hybridized carbons (Fsp3) is 0.0952. The first-order chi connectivity index (χ1) is 14.1. The van der Waals surface area contributed by atoms with Crippen molar-refractivity contribution in [3.05, 3.63) is 66.1 Å². The Labute approximate surface area is 170 Å². The van der Waals surface area contributed by atoms with Gasteiger partial charge in [-0.05, 0) is 60.9 Å². The second-order valence-corrected chi connectivity index (χ2v) is 7.08. The van der Waals surface area contributed by atoms with Gasteiger partial charge in [0.1, 0.15) is 17.2 Å². The van der Waals surface area contributed by atoms with E-state index in [1.807, 2.05) is 29.0 Å². The molecule has 29 heavy (non-hydrogen) atoms. The Morgan fingerprint density at radius 1 is 1.14 bits per heavy atom. The number of imidazole rings is 1. The molecule has 1 amide bonds. The van der Waals surface area contributed by atoms with Gasteiger partial charge in [-0.2, -0.15) is 0 Å². The lowest BCUT2D eigenvalue weighted by molar-refractivity contribution is -0.105. The molecule has 0 saturated heterocycles. The van der Waals surface area contributed by atoms with Crippen molar-refractivity contribution >= 4 is 35.0 Å². The van der Waals surface area contributed by atoms with Gasteiger partial charge in [0.2, 0.25) is 6.41 Å². The molecule has 0 saturated carbocycles. The number of pyridine rings is 1. The number of anilines is 1. The molecule has 0 unspecified atom stereocenters. The molecule has 2 N–H and O–H groups in total. The van der Waals surface area contributed by atoms with E-state index in [1.165, 1.54) is 23.9 Å². The molecule has 146 valence electrons. The number of aliphatic hydroxyl groups is 1. The molecule has 0 aliphatic heterocycles. The lowest BCUT2D eigenvalue weighted by Crippen LogP contribution is -2.02. The molecule has 6 nitrogen and oxygen atoms in total. The Morgan fingerprint density at radius 2 is 1.93 bits per heavy atom. The first-order valence-electron chi connectivity index (χ1n) is 8.78. The first-order valence-corrected chi connectivity index (χ1v) is 10.0. The van der Waals surface area contributed by atoms with Gasteiger partial charge < -0.3 is 10.4 Å². The van der Waals surface area contributed by atoms with E-state index in [4.69, 9.17) is 4.98 Å². The zero-order valence-electron chi connectivity index (χ0n) is 15.5. The monoisotopic (exact) mass is 408 g/mol. The Morgan fingerprint density at radius 3 is 2.62 bits per heavy atom. The van der Waals surface area contributed by atoms with Crippen LogP contribution in [-0.2, 0) is 11.4 Å². The second-order valence-electron chi connectivity index (χ2n) is 6.23. The number of hydrogen-bond acceptors (Lipinski definition) is 5. The van der Waals surface area contributed by atoms with Gasteiger partial charge >= 0.3 is 0 Å². The van der Waals surface area contributed by atoms with E-state index in [0.29, 0.717) is 34.8 Å². The summed E-state index contributed by atoms with van der Waals surface area (Å²) >= 11 is 1.50. The van der Waals surface area contributed by atoms with Crippen molar-refractivity contribution in [1.29, 1.82) is 0 Å². The Hall–Kier alpha value is -3.23. The second kappa shape index (κ2) is 8.02. The molecule has 4 aromatic rings. The summed E-state index contributed by atoms with van der Waals surface area (Å²) in [5.74, 6) is 0.275. The van der Waals surface area contributed by atoms with Crippen molar-refractivity contribution in [2.45, 2.75) is 11.5 Å². The number of carbonyl (C=O) groups excluding carboxylic acids is 1. The fourth-order valence-electron chi connectivity index (χ4n) is 3.12. The van der Waals surface area contributed by atoms with Crippen LogP contribution in [0.3, 0.4) is 0 Å². The number of halogens is 1. The molecule has 8 heteroatoms. The van der Waals surface area contributed by atoms with Crippen molar-refractivity contribution in [2.24, 2.45) is 0 Å². The van der Waals surface area contributed by atoms with E-state index < -0.39 is 0 Å². The summed E-state index contributed by atoms with van der Waals surface area (Å²) in [7, 11) is 0. The topological polar surface area (TPSA) is 80.0 Å². The first kappa shape index (κ1) is 19.1. The minimum absolute atomic E-state index is 0.189. The number of amides is 1. The van der Waals surface area contributed by atoms with Crippen LogP contribution in [0.5, 0.6) is 0 Å². The van der Waals surface area contributed by atoms with Gasteiger partial charge in [0.25, 0.3) is 0 Å². The number of nitrogens with zero attached hydrogens (tertiary/aromatic N) is 3. The number of nitrogens with one attached hydrogen (secondary N) is 1. The minimum atomic E-state index is -0.328. The normalized spacial score (nSPS) is 11.0. The highest BCUT2D eigenvalue weighted by Crippen LogP contribution is 2.32. The maximum atomic E-state index is 13.4. The molecule has 0 fully saturated rings. The minimum Gasteiger partial charge on any atom is -0.390 e. The molecule has 0 radical (unpaired) electrons. The van der Waals surface area contributed by atoms with E-state index in [0.717, 1.165) is 16.1 Å². The Bertz CT molecular complexity index is 1190. The number of benzene rings is 2. The Balaban J connectivity index is 1.99. The molecule has 0 aliphatic rings. The summed E-state index contributed by atoms with van der Waals surface area (Å²) in [6.45, 7) is -0.189. The third-order valence-electron chi connectivity index (χ3n) is 4.48. The highest BCUT2D eigenvalue weighted by atomic mass is 32.2. The molecular weight excluding hydrogens is 391 g/mol. The molecule has 2 aromatic carbocycles.